The topological polar surface area (TPSA) is 84.9 Å². The molecule has 0 heterocycles. The molecule has 1 N–H and O–H groups in total. The lowest BCUT2D eigenvalue weighted by atomic mass is 10.1. The van der Waals surface area contributed by atoms with Gasteiger partial charge in [0.2, 0.25) is 15.9 Å². The number of amides is 1. The van der Waals surface area contributed by atoms with Gasteiger partial charge in [0, 0.05) is 6.54 Å². The van der Waals surface area contributed by atoms with Crippen LogP contribution in [0.1, 0.15) is 31.4 Å². The summed E-state index contributed by atoms with van der Waals surface area (Å²) in [6.07, 6.45) is 2.62. The van der Waals surface area contributed by atoms with Gasteiger partial charge in [0.15, 0.2) is 0 Å². The van der Waals surface area contributed by atoms with Crippen molar-refractivity contribution in [3.8, 4) is 11.5 Å². The number of ether oxygens (including phenoxy) is 2. The minimum absolute atomic E-state index is 0.349. The fourth-order valence-corrected chi connectivity index (χ4v) is 4.49. The largest absolute Gasteiger partial charge is 0.495 e. The van der Waals surface area contributed by atoms with Crippen molar-refractivity contribution in [3.63, 3.8) is 0 Å². The average Bonchev–Trinajstić information content (AvgIpc) is 2.71. The molecule has 1 unspecified atom stereocenters. The van der Waals surface area contributed by atoms with E-state index in [0.29, 0.717) is 24.6 Å². The maximum atomic E-state index is 12.7. The van der Waals surface area contributed by atoms with Crippen LogP contribution >= 0.6 is 0 Å². The minimum Gasteiger partial charge on any atom is -0.495 e. The third kappa shape index (κ3) is 6.89. The van der Waals surface area contributed by atoms with E-state index in [4.69, 9.17) is 9.47 Å². The van der Waals surface area contributed by atoms with Crippen LogP contribution in [0.2, 0.25) is 0 Å². The van der Waals surface area contributed by atoms with Crippen LogP contribution in [0, 0.1) is 6.92 Å². The number of hydrogen-bond acceptors (Lipinski definition) is 5. The fourth-order valence-electron chi connectivity index (χ4n) is 3.32. The molecule has 2 rings (SSSR count). The van der Waals surface area contributed by atoms with E-state index in [1.54, 1.807) is 19.1 Å². The minimum atomic E-state index is -3.71. The fraction of sp³-hybridized carbons (Fsp3) is 0.435. The number of rotatable bonds is 11. The van der Waals surface area contributed by atoms with E-state index in [-0.39, 0.29) is 5.91 Å². The molecule has 0 saturated carbocycles. The average molecular weight is 449 g/mol. The van der Waals surface area contributed by atoms with Crippen molar-refractivity contribution in [2.24, 2.45) is 0 Å². The molecule has 2 aromatic carbocycles. The van der Waals surface area contributed by atoms with Crippen molar-refractivity contribution in [1.29, 1.82) is 0 Å². The maximum Gasteiger partial charge on any atom is 0.243 e. The number of hydrogen-bond donors (Lipinski definition) is 1. The summed E-state index contributed by atoms with van der Waals surface area (Å²) in [4.78, 5) is 12.7. The molecule has 1 amide bonds. The third-order valence-corrected chi connectivity index (χ3v) is 6.06. The Morgan fingerprint density at radius 3 is 2.42 bits per heavy atom. The van der Waals surface area contributed by atoms with E-state index in [1.807, 2.05) is 44.2 Å². The van der Waals surface area contributed by atoms with Crippen LogP contribution in [-0.2, 0) is 21.2 Å². The van der Waals surface area contributed by atoms with Crippen LogP contribution in [0.15, 0.2) is 42.5 Å². The molecule has 0 aromatic heterocycles. The summed E-state index contributed by atoms with van der Waals surface area (Å²) in [6, 6.07) is 12.2. The van der Waals surface area contributed by atoms with Crippen molar-refractivity contribution >= 4 is 21.6 Å². The van der Waals surface area contributed by atoms with Gasteiger partial charge in [0.25, 0.3) is 0 Å². The molecule has 170 valence electrons. The standard InChI is InChI=1S/C23H32N2O5S/c1-6-30-20-12-10-19(11-13-20)8-7-15-24-23(26)18(3)25(31(5,27)28)21-16-17(2)9-14-22(21)29-4/h9-14,16,18H,6-8,15H2,1-5H3,(H,24,26). The first-order valence-corrected chi connectivity index (χ1v) is 12.2. The van der Waals surface area contributed by atoms with Crippen LogP contribution in [0.5, 0.6) is 11.5 Å². The van der Waals surface area contributed by atoms with E-state index < -0.39 is 16.1 Å². The Morgan fingerprint density at radius 1 is 1.16 bits per heavy atom. The molecular weight excluding hydrogens is 416 g/mol. The number of aryl methyl sites for hydroxylation is 2. The molecule has 0 aliphatic rings. The van der Waals surface area contributed by atoms with Crippen molar-refractivity contribution in [3.05, 3.63) is 53.6 Å². The molecule has 31 heavy (non-hydrogen) atoms. The lowest BCUT2D eigenvalue weighted by Gasteiger charge is -2.29. The second-order valence-electron chi connectivity index (χ2n) is 7.38. The van der Waals surface area contributed by atoms with Gasteiger partial charge in [-0.05, 0) is 69.0 Å². The molecule has 0 bridgehead atoms. The molecule has 0 radical (unpaired) electrons. The van der Waals surface area contributed by atoms with Crippen molar-refractivity contribution in [2.75, 3.05) is 30.8 Å². The first-order chi connectivity index (χ1) is 14.7. The Balaban J connectivity index is 2.01. The normalized spacial score (nSPS) is 12.2. The third-order valence-electron chi connectivity index (χ3n) is 4.84. The summed E-state index contributed by atoms with van der Waals surface area (Å²) in [5.41, 5.74) is 2.36. The monoisotopic (exact) mass is 448 g/mol. The van der Waals surface area contributed by atoms with Crippen LogP contribution in [0.3, 0.4) is 0 Å². The molecule has 0 saturated heterocycles. The van der Waals surface area contributed by atoms with Crippen molar-refractivity contribution < 1.29 is 22.7 Å². The highest BCUT2D eigenvalue weighted by Crippen LogP contribution is 2.32. The number of methoxy groups -OCH3 is 1. The summed E-state index contributed by atoms with van der Waals surface area (Å²) in [5, 5.41) is 2.85. The molecule has 7 nitrogen and oxygen atoms in total. The van der Waals surface area contributed by atoms with Crippen molar-refractivity contribution in [1.82, 2.24) is 5.32 Å². The number of anilines is 1. The Labute approximate surface area is 185 Å². The number of benzene rings is 2. The summed E-state index contributed by atoms with van der Waals surface area (Å²) in [6.45, 7) is 6.44. The Hall–Kier alpha value is -2.74. The van der Waals surface area contributed by atoms with Crippen LogP contribution < -0.4 is 19.1 Å². The molecule has 0 aliphatic carbocycles. The van der Waals surface area contributed by atoms with Gasteiger partial charge in [-0.15, -0.1) is 0 Å². The van der Waals surface area contributed by atoms with Crippen molar-refractivity contribution in [2.45, 2.75) is 39.7 Å². The highest BCUT2D eigenvalue weighted by molar-refractivity contribution is 7.92. The molecule has 8 heteroatoms. The van der Waals surface area contributed by atoms with Gasteiger partial charge >= 0.3 is 0 Å². The van der Waals surface area contributed by atoms with Crippen LogP contribution in [0.4, 0.5) is 5.69 Å². The summed E-state index contributed by atoms with van der Waals surface area (Å²) in [7, 11) is -2.24. The lowest BCUT2D eigenvalue weighted by molar-refractivity contribution is -0.121. The van der Waals surface area contributed by atoms with E-state index >= 15 is 0 Å². The molecule has 0 spiro atoms. The van der Waals surface area contributed by atoms with Crippen LogP contribution in [-0.4, -0.2) is 46.9 Å². The molecule has 2 aromatic rings. The first-order valence-electron chi connectivity index (χ1n) is 10.3. The maximum absolute atomic E-state index is 12.7. The van der Waals surface area contributed by atoms with Gasteiger partial charge in [-0.3, -0.25) is 9.10 Å². The lowest BCUT2D eigenvalue weighted by Crippen LogP contribution is -2.48. The SMILES string of the molecule is CCOc1ccc(CCCNC(=O)C(C)N(c2cc(C)ccc2OC)S(C)(=O)=O)cc1. The zero-order chi connectivity index (χ0) is 23.0. The van der Waals surface area contributed by atoms with E-state index in [9.17, 15) is 13.2 Å². The number of carbonyl (C=O) groups excluding carboxylic acids is 1. The molecular formula is C23H32N2O5S. The van der Waals surface area contributed by atoms with E-state index in [2.05, 4.69) is 5.32 Å². The van der Waals surface area contributed by atoms with E-state index in [1.165, 1.54) is 7.11 Å². The Morgan fingerprint density at radius 2 is 1.84 bits per heavy atom. The van der Waals surface area contributed by atoms with Crippen LogP contribution in [0.25, 0.3) is 0 Å². The number of nitrogens with one attached hydrogen (secondary N) is 1. The predicted octanol–water partition coefficient (Wildman–Crippen LogP) is 3.31. The molecule has 0 fully saturated rings. The second kappa shape index (κ2) is 11.0. The zero-order valence-electron chi connectivity index (χ0n) is 18.8. The predicted molar refractivity (Wildman–Crippen MR) is 123 cm³/mol. The summed E-state index contributed by atoms with van der Waals surface area (Å²) < 4.78 is 36.9. The Kier molecular flexibility index (Phi) is 8.74. The van der Waals surface area contributed by atoms with Gasteiger partial charge < -0.3 is 14.8 Å². The van der Waals surface area contributed by atoms with Gasteiger partial charge in [-0.25, -0.2) is 8.42 Å². The zero-order valence-corrected chi connectivity index (χ0v) is 19.7. The van der Waals surface area contributed by atoms with Gasteiger partial charge in [0.05, 0.1) is 25.7 Å². The van der Waals surface area contributed by atoms with Gasteiger partial charge in [-0.1, -0.05) is 18.2 Å². The Bertz CT molecular complexity index is 974. The first kappa shape index (κ1) is 24.5. The smallest absolute Gasteiger partial charge is 0.243 e. The van der Waals surface area contributed by atoms with Gasteiger partial charge in [-0.2, -0.15) is 0 Å². The van der Waals surface area contributed by atoms with E-state index in [0.717, 1.165) is 40.3 Å². The molecule has 0 aliphatic heterocycles. The highest BCUT2D eigenvalue weighted by atomic mass is 32.2. The quantitative estimate of drug-likeness (QED) is 0.533. The number of sulfonamides is 1. The number of nitrogens with zero attached hydrogens (tertiary/aromatic N) is 1. The summed E-state index contributed by atoms with van der Waals surface area (Å²) >= 11 is 0. The molecule has 1 atom stereocenters. The number of carbonyl (C=O) groups is 1. The highest BCUT2D eigenvalue weighted by Gasteiger charge is 2.31. The summed E-state index contributed by atoms with van der Waals surface area (Å²) in [5.74, 6) is 0.868. The second-order valence-corrected chi connectivity index (χ2v) is 9.24. The van der Waals surface area contributed by atoms with Gasteiger partial charge in [0.1, 0.15) is 17.5 Å².